The molecule has 2 unspecified atom stereocenters. The van der Waals surface area contributed by atoms with Gasteiger partial charge in [0, 0.05) is 36.4 Å². The third-order valence-corrected chi connectivity index (χ3v) is 4.61. The monoisotopic (exact) mass is 417 g/mol. The average Bonchev–Trinajstić information content (AvgIpc) is 3.06. The van der Waals surface area contributed by atoms with E-state index < -0.39 is 29.9 Å². The number of H-pyrrole nitrogens is 1. The number of rotatable bonds is 11. The lowest BCUT2D eigenvalue weighted by molar-refractivity contribution is -0.143. The number of nitrogens with one attached hydrogen (secondary N) is 3. The van der Waals surface area contributed by atoms with Crippen LogP contribution in [0.4, 0.5) is 0 Å². The number of amides is 2. The summed E-state index contributed by atoms with van der Waals surface area (Å²) in [5.74, 6) is -3.39. The minimum Gasteiger partial charge on any atom is -0.481 e. The summed E-state index contributed by atoms with van der Waals surface area (Å²) in [5.41, 5.74) is 1.58. The Bertz CT molecular complexity index is 920. The number of carbonyl (C=O) groups is 4. The lowest BCUT2D eigenvalue weighted by atomic mass is 10.0. The van der Waals surface area contributed by atoms with Crippen LogP contribution in [-0.4, -0.2) is 51.0 Å². The largest absolute Gasteiger partial charge is 0.481 e. The predicted molar refractivity (Wildman–Crippen MR) is 110 cm³/mol. The van der Waals surface area contributed by atoms with Gasteiger partial charge < -0.3 is 25.8 Å². The third kappa shape index (κ3) is 6.61. The second kappa shape index (κ2) is 10.4. The maximum absolute atomic E-state index is 12.7. The molecule has 2 atom stereocenters. The topological polar surface area (TPSA) is 149 Å². The Kier molecular flexibility index (Phi) is 7.97. The van der Waals surface area contributed by atoms with E-state index in [1.54, 1.807) is 6.20 Å². The summed E-state index contributed by atoms with van der Waals surface area (Å²) in [6.07, 6.45) is 1.44. The standard InChI is InChI=1S/C21H27N3O6/c1-12(2)9-18(25)23-16(7-8-19(26)27)20(28)24-17(21(29)30)10-13-11-22-15-6-4-3-5-14(13)15/h3-6,11-12,16-17,22H,7-10H2,1-2H3,(H,23,25)(H,24,28)(H,26,27)(H,29,30). The molecular weight excluding hydrogens is 390 g/mol. The Morgan fingerprint density at radius 3 is 2.37 bits per heavy atom. The highest BCUT2D eigenvalue weighted by molar-refractivity contribution is 5.91. The van der Waals surface area contributed by atoms with E-state index in [4.69, 9.17) is 5.11 Å². The van der Waals surface area contributed by atoms with E-state index >= 15 is 0 Å². The van der Waals surface area contributed by atoms with E-state index in [0.29, 0.717) is 0 Å². The molecule has 1 aromatic carbocycles. The van der Waals surface area contributed by atoms with Gasteiger partial charge in [0.15, 0.2) is 0 Å². The first-order valence-corrected chi connectivity index (χ1v) is 9.76. The van der Waals surface area contributed by atoms with Gasteiger partial charge in [-0.25, -0.2) is 4.79 Å². The van der Waals surface area contributed by atoms with Crippen molar-refractivity contribution in [2.24, 2.45) is 5.92 Å². The summed E-state index contributed by atoms with van der Waals surface area (Å²) in [6, 6.07) is 5.04. The summed E-state index contributed by atoms with van der Waals surface area (Å²) in [7, 11) is 0. The van der Waals surface area contributed by atoms with Crippen LogP contribution < -0.4 is 10.6 Å². The highest BCUT2D eigenvalue weighted by Crippen LogP contribution is 2.19. The van der Waals surface area contributed by atoms with Crippen molar-refractivity contribution in [3.63, 3.8) is 0 Å². The van der Waals surface area contributed by atoms with Crippen LogP contribution in [0, 0.1) is 5.92 Å². The SMILES string of the molecule is CC(C)CC(=O)NC(CCC(=O)O)C(=O)NC(Cc1c[nH]c2ccccc12)C(=O)O. The Hall–Kier alpha value is -3.36. The molecule has 0 fully saturated rings. The van der Waals surface area contributed by atoms with Gasteiger partial charge in [-0.15, -0.1) is 0 Å². The molecule has 2 amide bonds. The zero-order chi connectivity index (χ0) is 22.3. The number of aromatic amines is 1. The summed E-state index contributed by atoms with van der Waals surface area (Å²) < 4.78 is 0. The fraction of sp³-hybridized carbons (Fsp3) is 0.429. The molecule has 0 bridgehead atoms. The van der Waals surface area contributed by atoms with Crippen molar-refractivity contribution < 1.29 is 29.4 Å². The highest BCUT2D eigenvalue weighted by Gasteiger charge is 2.28. The molecule has 0 aliphatic rings. The van der Waals surface area contributed by atoms with Gasteiger partial charge in [-0.2, -0.15) is 0 Å². The zero-order valence-corrected chi connectivity index (χ0v) is 17.0. The van der Waals surface area contributed by atoms with E-state index in [0.717, 1.165) is 16.5 Å². The summed E-state index contributed by atoms with van der Waals surface area (Å²) >= 11 is 0. The van der Waals surface area contributed by atoms with Crippen LogP contribution in [0.25, 0.3) is 10.9 Å². The van der Waals surface area contributed by atoms with Crippen LogP contribution in [0.1, 0.15) is 38.7 Å². The maximum atomic E-state index is 12.7. The molecule has 9 heteroatoms. The summed E-state index contributed by atoms with van der Waals surface area (Å²) in [5, 5.41) is 24.3. The van der Waals surface area contributed by atoms with Crippen LogP contribution in [0.3, 0.4) is 0 Å². The smallest absolute Gasteiger partial charge is 0.326 e. The molecule has 0 aliphatic heterocycles. The van der Waals surface area contributed by atoms with Gasteiger partial charge in [0.05, 0.1) is 0 Å². The molecular formula is C21H27N3O6. The van der Waals surface area contributed by atoms with E-state index in [9.17, 15) is 24.3 Å². The lowest BCUT2D eigenvalue weighted by Crippen LogP contribution is -2.52. The Morgan fingerprint density at radius 2 is 1.73 bits per heavy atom. The van der Waals surface area contributed by atoms with E-state index in [-0.39, 0.29) is 37.5 Å². The number of carboxylic acid groups (broad SMARTS) is 2. The molecule has 1 aromatic heterocycles. The van der Waals surface area contributed by atoms with Crippen molar-refractivity contribution in [3.05, 3.63) is 36.0 Å². The molecule has 0 radical (unpaired) electrons. The minimum atomic E-state index is -1.23. The Morgan fingerprint density at radius 1 is 1.03 bits per heavy atom. The number of carbonyl (C=O) groups excluding carboxylic acids is 2. The van der Waals surface area contributed by atoms with E-state index in [1.165, 1.54) is 0 Å². The molecule has 0 saturated heterocycles. The number of carboxylic acids is 2. The fourth-order valence-electron chi connectivity index (χ4n) is 3.15. The van der Waals surface area contributed by atoms with Gasteiger partial charge in [-0.3, -0.25) is 14.4 Å². The summed E-state index contributed by atoms with van der Waals surface area (Å²) in [4.78, 5) is 50.5. The van der Waals surface area contributed by atoms with Crippen LogP contribution in [0.15, 0.2) is 30.5 Å². The van der Waals surface area contributed by atoms with Crippen LogP contribution >= 0.6 is 0 Å². The Labute approximate surface area is 173 Å². The van der Waals surface area contributed by atoms with Crippen molar-refractivity contribution in [1.29, 1.82) is 0 Å². The summed E-state index contributed by atoms with van der Waals surface area (Å²) in [6.45, 7) is 3.68. The van der Waals surface area contributed by atoms with Gasteiger partial charge in [-0.1, -0.05) is 32.0 Å². The molecule has 2 aromatic rings. The van der Waals surface area contributed by atoms with Gasteiger partial charge in [0.2, 0.25) is 11.8 Å². The first-order chi connectivity index (χ1) is 14.2. The van der Waals surface area contributed by atoms with Crippen LogP contribution in [-0.2, 0) is 25.6 Å². The van der Waals surface area contributed by atoms with E-state index in [2.05, 4.69) is 15.6 Å². The number of benzene rings is 1. The van der Waals surface area contributed by atoms with Crippen molar-refractivity contribution in [2.45, 2.75) is 51.6 Å². The minimum absolute atomic E-state index is 0.0384. The van der Waals surface area contributed by atoms with Crippen molar-refractivity contribution in [1.82, 2.24) is 15.6 Å². The first-order valence-electron chi connectivity index (χ1n) is 9.76. The zero-order valence-electron chi connectivity index (χ0n) is 17.0. The molecule has 0 aliphatic carbocycles. The van der Waals surface area contributed by atoms with Gasteiger partial charge in [-0.05, 0) is 24.0 Å². The molecule has 9 nitrogen and oxygen atoms in total. The van der Waals surface area contributed by atoms with Crippen LogP contribution in [0.5, 0.6) is 0 Å². The number of para-hydroxylation sites is 1. The predicted octanol–water partition coefficient (Wildman–Crippen LogP) is 1.68. The van der Waals surface area contributed by atoms with Crippen LogP contribution in [0.2, 0.25) is 0 Å². The number of fused-ring (bicyclic) bond motifs is 1. The van der Waals surface area contributed by atoms with Crippen molar-refractivity contribution in [3.8, 4) is 0 Å². The number of hydrogen-bond acceptors (Lipinski definition) is 4. The normalized spacial score (nSPS) is 13.0. The second-order valence-electron chi connectivity index (χ2n) is 7.61. The molecule has 0 spiro atoms. The molecule has 162 valence electrons. The number of aliphatic carboxylic acids is 2. The molecule has 30 heavy (non-hydrogen) atoms. The maximum Gasteiger partial charge on any atom is 0.326 e. The number of aromatic nitrogens is 1. The second-order valence-corrected chi connectivity index (χ2v) is 7.61. The third-order valence-electron chi connectivity index (χ3n) is 4.61. The molecule has 0 saturated carbocycles. The fourth-order valence-corrected chi connectivity index (χ4v) is 3.15. The molecule has 1 heterocycles. The van der Waals surface area contributed by atoms with E-state index in [1.807, 2.05) is 38.1 Å². The van der Waals surface area contributed by atoms with Gasteiger partial charge in [0.1, 0.15) is 12.1 Å². The quantitative estimate of drug-likeness (QED) is 0.376. The molecule has 2 rings (SSSR count). The first kappa shape index (κ1) is 22.9. The molecule has 5 N–H and O–H groups in total. The van der Waals surface area contributed by atoms with Gasteiger partial charge in [0.25, 0.3) is 0 Å². The Balaban J connectivity index is 2.12. The van der Waals surface area contributed by atoms with Crippen molar-refractivity contribution >= 4 is 34.7 Å². The van der Waals surface area contributed by atoms with Gasteiger partial charge >= 0.3 is 11.9 Å². The average molecular weight is 417 g/mol. The number of hydrogen-bond donors (Lipinski definition) is 5. The van der Waals surface area contributed by atoms with Crippen molar-refractivity contribution in [2.75, 3.05) is 0 Å². The lowest BCUT2D eigenvalue weighted by Gasteiger charge is -2.21. The highest BCUT2D eigenvalue weighted by atomic mass is 16.4.